The Morgan fingerprint density at radius 3 is 1.84 bits per heavy atom. The minimum atomic E-state index is 1.03. The van der Waals surface area contributed by atoms with E-state index in [2.05, 4.69) is 31.8 Å². The summed E-state index contributed by atoms with van der Waals surface area (Å²) < 4.78 is 0. The molecule has 0 radical (unpaired) electrons. The van der Waals surface area contributed by atoms with Crippen LogP contribution < -0.4 is 0 Å². The van der Waals surface area contributed by atoms with Crippen LogP contribution in [-0.4, -0.2) is 44.5 Å². The van der Waals surface area contributed by atoms with Gasteiger partial charge in [-0.15, -0.1) is 0 Å². The van der Waals surface area contributed by atoms with E-state index >= 15 is 0 Å². The number of rotatable bonds is 9. The van der Waals surface area contributed by atoms with Crippen LogP contribution in [-0.2, 0) is 12.8 Å². The standard InChI is InChI=1S/C14H23N5/c1-2-19(11-3-5-13-15-7-8-16-13)12-4-6-14-17-9-10-18-14/h7-10H,2-6,11-12H2,1H3,(H,15,16)(H,17,18). The number of hydrogen-bond acceptors (Lipinski definition) is 3. The van der Waals surface area contributed by atoms with Gasteiger partial charge in [0.05, 0.1) is 0 Å². The van der Waals surface area contributed by atoms with E-state index in [9.17, 15) is 0 Å². The van der Waals surface area contributed by atoms with Gasteiger partial charge >= 0.3 is 0 Å². The average molecular weight is 261 g/mol. The third-order valence-corrected chi connectivity index (χ3v) is 3.33. The fourth-order valence-electron chi connectivity index (χ4n) is 2.24. The lowest BCUT2D eigenvalue weighted by atomic mass is 10.2. The summed E-state index contributed by atoms with van der Waals surface area (Å²) in [7, 11) is 0. The maximum absolute atomic E-state index is 4.25. The van der Waals surface area contributed by atoms with Crippen LogP contribution in [0.15, 0.2) is 24.8 Å². The fraction of sp³-hybridized carbons (Fsp3) is 0.571. The van der Waals surface area contributed by atoms with Crippen molar-refractivity contribution in [2.45, 2.75) is 32.6 Å². The van der Waals surface area contributed by atoms with E-state index in [-0.39, 0.29) is 0 Å². The summed E-state index contributed by atoms with van der Waals surface area (Å²) in [5.74, 6) is 2.18. The van der Waals surface area contributed by atoms with Crippen LogP contribution in [0.2, 0.25) is 0 Å². The molecule has 2 aromatic rings. The van der Waals surface area contributed by atoms with Crippen LogP contribution in [0.3, 0.4) is 0 Å². The van der Waals surface area contributed by atoms with E-state index < -0.39 is 0 Å². The summed E-state index contributed by atoms with van der Waals surface area (Å²) in [5.41, 5.74) is 0. The van der Waals surface area contributed by atoms with Crippen LogP contribution in [0.5, 0.6) is 0 Å². The number of nitrogens with zero attached hydrogens (tertiary/aromatic N) is 3. The number of aromatic amines is 2. The van der Waals surface area contributed by atoms with Gasteiger partial charge in [0.2, 0.25) is 0 Å². The van der Waals surface area contributed by atoms with Gasteiger partial charge in [0.1, 0.15) is 11.6 Å². The average Bonchev–Trinajstić information content (AvgIpc) is 3.10. The quantitative estimate of drug-likeness (QED) is 0.726. The van der Waals surface area contributed by atoms with Crippen molar-refractivity contribution in [3.8, 4) is 0 Å². The monoisotopic (exact) mass is 261 g/mol. The van der Waals surface area contributed by atoms with Crippen molar-refractivity contribution in [3.05, 3.63) is 36.4 Å². The van der Waals surface area contributed by atoms with E-state index in [1.807, 2.05) is 24.8 Å². The van der Waals surface area contributed by atoms with Gasteiger partial charge in [-0.2, -0.15) is 0 Å². The van der Waals surface area contributed by atoms with Crippen molar-refractivity contribution >= 4 is 0 Å². The molecule has 5 heteroatoms. The molecule has 0 aromatic carbocycles. The predicted molar refractivity (Wildman–Crippen MR) is 75.9 cm³/mol. The first-order valence-electron chi connectivity index (χ1n) is 7.07. The first-order chi connectivity index (χ1) is 9.38. The van der Waals surface area contributed by atoms with Crippen LogP contribution in [0, 0.1) is 0 Å². The molecule has 2 aromatic heterocycles. The van der Waals surface area contributed by atoms with Crippen molar-refractivity contribution in [3.63, 3.8) is 0 Å². The molecule has 0 saturated heterocycles. The van der Waals surface area contributed by atoms with Gasteiger partial charge in [-0.25, -0.2) is 9.97 Å². The molecule has 2 N–H and O–H groups in total. The van der Waals surface area contributed by atoms with Gasteiger partial charge in [-0.3, -0.25) is 0 Å². The zero-order chi connectivity index (χ0) is 13.3. The van der Waals surface area contributed by atoms with Crippen LogP contribution in [0.25, 0.3) is 0 Å². The second-order valence-electron chi connectivity index (χ2n) is 4.71. The number of nitrogens with one attached hydrogen (secondary N) is 2. The third kappa shape index (κ3) is 4.87. The Bertz CT molecular complexity index is 380. The van der Waals surface area contributed by atoms with Gasteiger partial charge in [-0.1, -0.05) is 6.92 Å². The molecule has 0 saturated carbocycles. The summed E-state index contributed by atoms with van der Waals surface area (Å²) in [6.07, 6.45) is 11.8. The van der Waals surface area contributed by atoms with E-state index in [0.29, 0.717) is 0 Å². The highest BCUT2D eigenvalue weighted by Gasteiger charge is 2.04. The fourth-order valence-corrected chi connectivity index (χ4v) is 2.24. The van der Waals surface area contributed by atoms with Crippen molar-refractivity contribution < 1.29 is 0 Å². The molecule has 0 bridgehead atoms. The number of aromatic nitrogens is 4. The van der Waals surface area contributed by atoms with E-state index in [1.165, 1.54) is 0 Å². The smallest absolute Gasteiger partial charge is 0.106 e. The lowest BCUT2D eigenvalue weighted by Gasteiger charge is -2.19. The van der Waals surface area contributed by atoms with Gasteiger partial charge in [0, 0.05) is 37.6 Å². The van der Waals surface area contributed by atoms with Gasteiger partial charge in [0.15, 0.2) is 0 Å². The van der Waals surface area contributed by atoms with Crippen LogP contribution in [0.1, 0.15) is 31.4 Å². The Morgan fingerprint density at radius 1 is 0.947 bits per heavy atom. The second-order valence-corrected chi connectivity index (χ2v) is 4.71. The molecule has 0 amide bonds. The Hall–Kier alpha value is -1.62. The normalized spacial score (nSPS) is 11.3. The molecule has 0 aliphatic rings. The number of hydrogen-bond donors (Lipinski definition) is 2. The van der Waals surface area contributed by atoms with E-state index in [1.54, 1.807) is 0 Å². The SMILES string of the molecule is CCN(CCCc1ncc[nH]1)CCCc1ncc[nH]1. The van der Waals surface area contributed by atoms with Gasteiger partial charge < -0.3 is 14.9 Å². The van der Waals surface area contributed by atoms with Crippen LogP contribution >= 0.6 is 0 Å². The molecule has 0 fully saturated rings. The molecule has 0 aliphatic carbocycles. The zero-order valence-electron chi connectivity index (χ0n) is 11.6. The molecule has 0 aliphatic heterocycles. The van der Waals surface area contributed by atoms with Gasteiger partial charge in [-0.05, 0) is 32.5 Å². The molecular formula is C14H23N5. The Balaban J connectivity index is 1.60. The van der Waals surface area contributed by atoms with Crippen molar-refractivity contribution in [2.24, 2.45) is 0 Å². The number of aryl methyl sites for hydroxylation is 2. The Kier molecular flexibility index (Phi) is 5.62. The maximum atomic E-state index is 4.25. The van der Waals surface area contributed by atoms with Gasteiger partial charge in [0.25, 0.3) is 0 Å². The summed E-state index contributed by atoms with van der Waals surface area (Å²) in [5, 5.41) is 0. The maximum Gasteiger partial charge on any atom is 0.106 e. The minimum Gasteiger partial charge on any atom is -0.349 e. The first kappa shape index (κ1) is 13.8. The largest absolute Gasteiger partial charge is 0.349 e. The summed E-state index contributed by atoms with van der Waals surface area (Å²) in [4.78, 5) is 17.3. The Morgan fingerprint density at radius 2 is 1.47 bits per heavy atom. The third-order valence-electron chi connectivity index (χ3n) is 3.33. The molecule has 5 nitrogen and oxygen atoms in total. The molecular weight excluding hydrogens is 238 g/mol. The summed E-state index contributed by atoms with van der Waals surface area (Å²) in [6, 6.07) is 0. The second kappa shape index (κ2) is 7.74. The van der Waals surface area contributed by atoms with Crippen LogP contribution in [0.4, 0.5) is 0 Å². The van der Waals surface area contributed by atoms with Crippen molar-refractivity contribution in [1.82, 2.24) is 24.8 Å². The molecule has 2 heterocycles. The van der Waals surface area contributed by atoms with E-state index in [4.69, 9.17) is 0 Å². The van der Waals surface area contributed by atoms with E-state index in [0.717, 1.165) is 57.0 Å². The molecule has 2 rings (SSSR count). The van der Waals surface area contributed by atoms with Crippen molar-refractivity contribution in [2.75, 3.05) is 19.6 Å². The highest BCUT2D eigenvalue weighted by molar-refractivity contribution is 4.88. The molecule has 19 heavy (non-hydrogen) atoms. The number of H-pyrrole nitrogens is 2. The molecule has 0 spiro atoms. The first-order valence-corrected chi connectivity index (χ1v) is 7.07. The lowest BCUT2D eigenvalue weighted by Crippen LogP contribution is -2.26. The Labute approximate surface area is 114 Å². The highest BCUT2D eigenvalue weighted by atomic mass is 15.1. The molecule has 104 valence electrons. The summed E-state index contributed by atoms with van der Waals surface area (Å²) in [6.45, 7) is 5.60. The zero-order valence-corrected chi connectivity index (χ0v) is 11.6. The predicted octanol–water partition coefficient (Wildman–Crippen LogP) is 2.02. The number of imidazole rings is 2. The highest BCUT2D eigenvalue weighted by Crippen LogP contribution is 2.01. The minimum absolute atomic E-state index is 1.03. The topological polar surface area (TPSA) is 60.6 Å². The summed E-state index contributed by atoms with van der Waals surface area (Å²) >= 11 is 0. The molecule has 0 atom stereocenters. The molecule has 0 unspecified atom stereocenters. The lowest BCUT2D eigenvalue weighted by molar-refractivity contribution is 0.280. The van der Waals surface area contributed by atoms with Crippen molar-refractivity contribution in [1.29, 1.82) is 0 Å².